The average Bonchev–Trinajstić information content (AvgIpc) is 2.71. The van der Waals surface area contributed by atoms with Crippen LogP contribution in [0.1, 0.15) is 23.2 Å². The molecule has 0 fully saturated rings. The lowest BCUT2D eigenvalue weighted by molar-refractivity contribution is 0.0661. The fraction of sp³-hybridized carbons (Fsp3) is 0.167. The van der Waals surface area contributed by atoms with Gasteiger partial charge in [-0.1, -0.05) is 6.92 Å². The summed E-state index contributed by atoms with van der Waals surface area (Å²) in [6.45, 7) is 1.62. The Hall–Kier alpha value is -2.31. The van der Waals surface area contributed by atoms with E-state index in [1.54, 1.807) is 6.92 Å². The zero-order valence-electron chi connectivity index (χ0n) is 9.71. The van der Waals surface area contributed by atoms with E-state index in [4.69, 9.17) is 9.52 Å². The third kappa shape index (κ3) is 2.31. The topological polar surface area (TPSA) is 63.3 Å². The van der Waals surface area contributed by atoms with E-state index < -0.39 is 40.6 Å². The molecule has 0 unspecified atom stereocenters. The summed E-state index contributed by atoms with van der Waals surface area (Å²) >= 11 is 0. The lowest BCUT2D eigenvalue weighted by atomic mass is 10.2. The lowest BCUT2D eigenvalue weighted by Crippen LogP contribution is -1.98. The third-order valence-electron chi connectivity index (χ3n) is 2.45. The van der Waals surface area contributed by atoms with Gasteiger partial charge in [0.15, 0.2) is 0 Å². The molecule has 1 aromatic heterocycles. The molecular formula is C12H8F3NO3. The van der Waals surface area contributed by atoms with Gasteiger partial charge in [0.25, 0.3) is 0 Å². The van der Waals surface area contributed by atoms with Gasteiger partial charge in [-0.3, -0.25) is 0 Å². The first-order valence-corrected chi connectivity index (χ1v) is 5.32. The Morgan fingerprint density at radius 3 is 2.32 bits per heavy atom. The molecule has 0 aliphatic rings. The van der Waals surface area contributed by atoms with Gasteiger partial charge in [0.05, 0.1) is 5.69 Å². The standard InChI is InChI=1S/C12H8F3NO3/c1-2-8-10(12(17)18)19-11(16-8)9-6(14)3-5(13)4-7(9)15/h3-4H,2H2,1H3,(H,17,18). The fourth-order valence-corrected chi connectivity index (χ4v) is 1.61. The molecule has 0 saturated heterocycles. The number of rotatable bonds is 3. The van der Waals surface area contributed by atoms with E-state index >= 15 is 0 Å². The molecule has 19 heavy (non-hydrogen) atoms. The number of halogens is 3. The van der Waals surface area contributed by atoms with E-state index in [0.29, 0.717) is 12.1 Å². The summed E-state index contributed by atoms with van der Waals surface area (Å²) in [5.74, 6) is -5.90. The van der Waals surface area contributed by atoms with Crippen LogP contribution in [0.3, 0.4) is 0 Å². The minimum Gasteiger partial charge on any atom is -0.475 e. The quantitative estimate of drug-likeness (QED) is 0.932. The molecule has 1 N–H and O–H groups in total. The van der Waals surface area contributed by atoms with Crippen molar-refractivity contribution in [1.82, 2.24) is 4.98 Å². The van der Waals surface area contributed by atoms with Crippen LogP contribution < -0.4 is 0 Å². The summed E-state index contributed by atoms with van der Waals surface area (Å²) in [7, 11) is 0. The molecule has 0 aliphatic heterocycles. The fourth-order valence-electron chi connectivity index (χ4n) is 1.61. The normalized spacial score (nSPS) is 10.7. The number of aromatic nitrogens is 1. The molecule has 0 spiro atoms. The second-order valence-electron chi connectivity index (χ2n) is 3.70. The molecule has 2 aromatic rings. The molecule has 0 bridgehead atoms. The molecule has 2 rings (SSSR count). The molecule has 1 heterocycles. The van der Waals surface area contributed by atoms with Crippen molar-refractivity contribution in [3.8, 4) is 11.5 Å². The van der Waals surface area contributed by atoms with Crippen LogP contribution in [0, 0.1) is 17.5 Å². The van der Waals surface area contributed by atoms with Crippen LogP contribution in [0.5, 0.6) is 0 Å². The van der Waals surface area contributed by atoms with E-state index in [9.17, 15) is 18.0 Å². The molecule has 4 nitrogen and oxygen atoms in total. The smallest absolute Gasteiger partial charge is 0.373 e. The van der Waals surface area contributed by atoms with Crippen molar-refractivity contribution in [2.24, 2.45) is 0 Å². The summed E-state index contributed by atoms with van der Waals surface area (Å²) in [5.41, 5.74) is -0.630. The van der Waals surface area contributed by atoms with Gasteiger partial charge in [-0.25, -0.2) is 22.9 Å². The van der Waals surface area contributed by atoms with E-state index in [1.165, 1.54) is 0 Å². The van der Waals surface area contributed by atoms with Crippen LogP contribution >= 0.6 is 0 Å². The van der Waals surface area contributed by atoms with E-state index in [-0.39, 0.29) is 12.1 Å². The second kappa shape index (κ2) is 4.75. The SMILES string of the molecule is CCc1nc(-c2c(F)cc(F)cc2F)oc1C(=O)O. The third-order valence-corrected chi connectivity index (χ3v) is 2.45. The van der Waals surface area contributed by atoms with Crippen molar-refractivity contribution in [3.05, 3.63) is 41.0 Å². The number of aryl methyl sites for hydroxylation is 1. The number of aromatic carboxylic acids is 1. The highest BCUT2D eigenvalue weighted by Gasteiger charge is 2.23. The Balaban J connectivity index is 2.63. The first-order valence-electron chi connectivity index (χ1n) is 5.32. The first-order chi connectivity index (χ1) is 8.93. The molecule has 0 radical (unpaired) electrons. The highest BCUT2D eigenvalue weighted by atomic mass is 19.1. The number of carboxylic acid groups (broad SMARTS) is 1. The van der Waals surface area contributed by atoms with Gasteiger partial charge in [0.1, 0.15) is 23.0 Å². The van der Waals surface area contributed by atoms with Crippen LogP contribution in [0.4, 0.5) is 13.2 Å². The summed E-state index contributed by atoms with van der Waals surface area (Å²) < 4.78 is 44.7. The molecule has 0 saturated carbocycles. The van der Waals surface area contributed by atoms with Crippen molar-refractivity contribution in [2.45, 2.75) is 13.3 Å². The van der Waals surface area contributed by atoms with Crippen molar-refractivity contribution in [3.63, 3.8) is 0 Å². The lowest BCUT2D eigenvalue weighted by Gasteiger charge is -2.00. The molecule has 0 aliphatic carbocycles. The van der Waals surface area contributed by atoms with Crippen LogP contribution in [0.15, 0.2) is 16.5 Å². The maximum absolute atomic E-state index is 13.5. The highest BCUT2D eigenvalue weighted by molar-refractivity contribution is 5.86. The van der Waals surface area contributed by atoms with Crippen LogP contribution in [-0.4, -0.2) is 16.1 Å². The van der Waals surface area contributed by atoms with Crippen molar-refractivity contribution in [1.29, 1.82) is 0 Å². The summed E-state index contributed by atoms with van der Waals surface area (Å²) in [5, 5.41) is 8.86. The molecule has 0 amide bonds. The van der Waals surface area contributed by atoms with Crippen molar-refractivity contribution in [2.75, 3.05) is 0 Å². The van der Waals surface area contributed by atoms with Gasteiger partial charge in [-0.15, -0.1) is 0 Å². The van der Waals surface area contributed by atoms with E-state index in [0.717, 1.165) is 0 Å². The number of hydrogen-bond acceptors (Lipinski definition) is 3. The Bertz CT molecular complexity index is 629. The van der Waals surface area contributed by atoms with Crippen molar-refractivity contribution < 1.29 is 27.5 Å². The Kier molecular flexibility index (Phi) is 3.28. The number of benzene rings is 1. The Morgan fingerprint density at radius 2 is 1.89 bits per heavy atom. The number of hydrogen-bond donors (Lipinski definition) is 1. The van der Waals surface area contributed by atoms with Gasteiger partial charge in [-0.2, -0.15) is 0 Å². The van der Waals surface area contributed by atoms with Gasteiger partial charge < -0.3 is 9.52 Å². The molecule has 7 heteroatoms. The largest absolute Gasteiger partial charge is 0.475 e. The minimum absolute atomic E-state index is 0.0608. The minimum atomic E-state index is -1.39. The Morgan fingerprint density at radius 1 is 1.32 bits per heavy atom. The number of carbonyl (C=O) groups is 1. The van der Waals surface area contributed by atoms with Gasteiger partial charge in [-0.05, 0) is 6.42 Å². The van der Waals surface area contributed by atoms with Crippen LogP contribution in [0.2, 0.25) is 0 Å². The summed E-state index contributed by atoms with van der Waals surface area (Å²) in [6.07, 6.45) is 0.218. The molecule has 1 aromatic carbocycles. The number of carboxylic acids is 1. The summed E-state index contributed by atoms with van der Waals surface area (Å²) in [6, 6.07) is 0.934. The second-order valence-corrected chi connectivity index (χ2v) is 3.70. The van der Waals surface area contributed by atoms with Crippen LogP contribution in [0.25, 0.3) is 11.5 Å². The molecular weight excluding hydrogens is 263 g/mol. The molecule has 0 atom stereocenters. The predicted octanol–water partition coefficient (Wildman–Crippen LogP) is 3.02. The van der Waals surface area contributed by atoms with Crippen LogP contribution in [-0.2, 0) is 6.42 Å². The summed E-state index contributed by atoms with van der Waals surface area (Å²) in [4.78, 5) is 14.6. The Labute approximate surface area is 105 Å². The van der Waals surface area contributed by atoms with Crippen molar-refractivity contribution >= 4 is 5.97 Å². The van der Waals surface area contributed by atoms with E-state index in [2.05, 4.69) is 4.98 Å². The maximum Gasteiger partial charge on any atom is 0.373 e. The van der Waals surface area contributed by atoms with Gasteiger partial charge >= 0.3 is 5.97 Å². The predicted molar refractivity (Wildman–Crippen MR) is 58.2 cm³/mol. The zero-order valence-corrected chi connectivity index (χ0v) is 9.71. The average molecular weight is 271 g/mol. The molecule has 100 valence electrons. The number of nitrogens with zero attached hydrogens (tertiary/aromatic N) is 1. The maximum atomic E-state index is 13.5. The van der Waals surface area contributed by atoms with E-state index in [1.807, 2.05) is 0 Å². The monoisotopic (exact) mass is 271 g/mol. The highest BCUT2D eigenvalue weighted by Crippen LogP contribution is 2.28. The zero-order chi connectivity index (χ0) is 14.2. The van der Waals surface area contributed by atoms with Gasteiger partial charge in [0.2, 0.25) is 11.7 Å². The number of oxazole rings is 1. The van der Waals surface area contributed by atoms with Gasteiger partial charge in [0, 0.05) is 12.1 Å². The first kappa shape index (κ1) is 13.1.